The monoisotopic (exact) mass is 211 g/mol. The second-order valence-corrected chi connectivity index (χ2v) is 3.43. The van der Waals surface area contributed by atoms with Gasteiger partial charge in [-0.1, -0.05) is 0 Å². The van der Waals surface area contributed by atoms with Gasteiger partial charge in [-0.15, -0.1) is 0 Å². The molecule has 1 rings (SSSR count). The summed E-state index contributed by atoms with van der Waals surface area (Å²) in [6.07, 6.45) is 1.40. The SMILES string of the molecule is NN1CCCC1.O=C(O)N(S)S. The van der Waals surface area contributed by atoms with E-state index in [9.17, 15) is 4.79 Å². The Morgan fingerprint density at radius 3 is 1.83 bits per heavy atom. The van der Waals surface area contributed by atoms with Gasteiger partial charge in [0.15, 0.2) is 0 Å². The zero-order chi connectivity index (χ0) is 9.56. The van der Waals surface area contributed by atoms with E-state index in [0.29, 0.717) is 3.71 Å². The van der Waals surface area contributed by atoms with E-state index in [-0.39, 0.29) is 0 Å². The third-order valence-corrected chi connectivity index (χ3v) is 1.65. The van der Waals surface area contributed by atoms with Crippen LogP contribution in [0.1, 0.15) is 12.8 Å². The van der Waals surface area contributed by atoms with Gasteiger partial charge in [0.25, 0.3) is 0 Å². The first-order valence-electron chi connectivity index (χ1n) is 3.44. The van der Waals surface area contributed by atoms with Gasteiger partial charge in [-0.05, 0) is 38.5 Å². The molecule has 0 spiro atoms. The maximum Gasteiger partial charge on any atom is 0.427 e. The third-order valence-electron chi connectivity index (χ3n) is 1.31. The number of nitrogens with two attached hydrogens (primary N) is 1. The Morgan fingerprint density at radius 1 is 1.42 bits per heavy atom. The lowest BCUT2D eigenvalue weighted by Crippen LogP contribution is -2.26. The topological polar surface area (TPSA) is 69.8 Å². The highest BCUT2D eigenvalue weighted by Crippen LogP contribution is 1.99. The average Bonchev–Trinajstić information content (AvgIpc) is 2.40. The van der Waals surface area contributed by atoms with Gasteiger partial charge in [0.1, 0.15) is 0 Å². The van der Waals surface area contributed by atoms with Crippen LogP contribution in [0.4, 0.5) is 4.79 Å². The molecule has 1 aliphatic heterocycles. The lowest BCUT2D eigenvalue weighted by atomic mass is 10.4. The van der Waals surface area contributed by atoms with Gasteiger partial charge >= 0.3 is 6.09 Å². The number of thiol groups is 2. The minimum absolute atomic E-state index is 0.472. The highest BCUT2D eigenvalue weighted by atomic mass is 32.2. The van der Waals surface area contributed by atoms with Crippen LogP contribution in [-0.4, -0.2) is 33.0 Å². The molecule has 72 valence electrons. The molecule has 0 atom stereocenters. The van der Waals surface area contributed by atoms with Crippen molar-refractivity contribution < 1.29 is 9.90 Å². The van der Waals surface area contributed by atoms with Crippen molar-refractivity contribution in [2.75, 3.05) is 13.1 Å². The van der Waals surface area contributed by atoms with E-state index in [2.05, 4.69) is 25.6 Å². The van der Waals surface area contributed by atoms with Gasteiger partial charge in [-0.25, -0.2) is 9.80 Å². The molecule has 0 aromatic heterocycles. The summed E-state index contributed by atoms with van der Waals surface area (Å²) in [5.74, 6) is 5.37. The molecule has 0 aromatic rings. The summed E-state index contributed by atoms with van der Waals surface area (Å²) in [5.41, 5.74) is 0. The van der Waals surface area contributed by atoms with Gasteiger partial charge in [0.2, 0.25) is 0 Å². The van der Waals surface area contributed by atoms with Crippen LogP contribution in [0.3, 0.4) is 0 Å². The van der Waals surface area contributed by atoms with E-state index in [1.54, 1.807) is 0 Å². The molecule has 0 unspecified atom stereocenters. The fraction of sp³-hybridized carbons (Fsp3) is 0.800. The van der Waals surface area contributed by atoms with Crippen molar-refractivity contribution in [2.45, 2.75) is 12.8 Å². The summed E-state index contributed by atoms with van der Waals surface area (Å²) in [5, 5.41) is 9.62. The Hall–Kier alpha value is -0.110. The van der Waals surface area contributed by atoms with Crippen molar-refractivity contribution in [3.8, 4) is 0 Å². The lowest BCUT2D eigenvalue weighted by molar-refractivity contribution is 0.191. The predicted octanol–water partition coefficient (Wildman–Crippen LogP) is 0.612. The number of rotatable bonds is 0. The predicted molar refractivity (Wildman–Crippen MR) is 52.8 cm³/mol. The van der Waals surface area contributed by atoms with E-state index < -0.39 is 6.09 Å². The minimum atomic E-state index is -1.18. The molecular formula is C5H13N3O2S2. The lowest BCUT2D eigenvalue weighted by Gasteiger charge is -2.01. The zero-order valence-corrected chi connectivity index (χ0v) is 8.34. The number of hydrogen-bond donors (Lipinski definition) is 4. The van der Waals surface area contributed by atoms with Crippen LogP contribution in [0.25, 0.3) is 0 Å². The van der Waals surface area contributed by atoms with Crippen LogP contribution in [-0.2, 0) is 0 Å². The first kappa shape index (κ1) is 11.9. The van der Waals surface area contributed by atoms with Crippen LogP contribution >= 0.6 is 25.6 Å². The van der Waals surface area contributed by atoms with Crippen molar-refractivity contribution in [3.05, 3.63) is 0 Å². The average molecular weight is 211 g/mol. The van der Waals surface area contributed by atoms with E-state index in [1.165, 1.54) is 12.8 Å². The zero-order valence-electron chi connectivity index (χ0n) is 6.55. The molecule has 0 radical (unpaired) electrons. The van der Waals surface area contributed by atoms with Gasteiger partial charge in [-0.3, -0.25) is 5.84 Å². The van der Waals surface area contributed by atoms with Crippen molar-refractivity contribution in [1.82, 2.24) is 8.72 Å². The summed E-state index contributed by atoms with van der Waals surface area (Å²) in [6, 6.07) is 0. The number of nitrogens with zero attached hydrogens (tertiary/aromatic N) is 2. The standard InChI is InChI=1S/C4H10N2.CH3NO2S2/c5-6-3-1-2-4-6;3-1(4)2(5)6/h1-5H2;5-6H,(H,3,4). The van der Waals surface area contributed by atoms with E-state index in [4.69, 9.17) is 10.9 Å². The second-order valence-electron chi connectivity index (χ2n) is 2.32. The Kier molecular flexibility index (Phi) is 6.35. The molecule has 1 fully saturated rings. The van der Waals surface area contributed by atoms with Gasteiger partial charge in [0, 0.05) is 13.1 Å². The van der Waals surface area contributed by atoms with Crippen LogP contribution < -0.4 is 5.84 Å². The van der Waals surface area contributed by atoms with Gasteiger partial charge in [0.05, 0.1) is 0 Å². The van der Waals surface area contributed by atoms with Crippen LogP contribution in [0.15, 0.2) is 0 Å². The first-order valence-corrected chi connectivity index (χ1v) is 4.24. The van der Waals surface area contributed by atoms with E-state index >= 15 is 0 Å². The molecule has 0 saturated carbocycles. The number of hydrogen-bond acceptors (Lipinski definition) is 5. The fourth-order valence-electron chi connectivity index (χ4n) is 0.742. The van der Waals surface area contributed by atoms with E-state index in [1.807, 2.05) is 5.01 Å². The van der Waals surface area contributed by atoms with Gasteiger partial charge in [-0.2, -0.15) is 3.71 Å². The molecule has 7 heteroatoms. The Labute approximate surface area is 82.6 Å². The molecule has 1 aliphatic rings. The highest BCUT2D eigenvalue weighted by molar-refractivity contribution is 7.94. The largest absolute Gasteiger partial charge is 0.464 e. The van der Waals surface area contributed by atoms with Gasteiger partial charge < -0.3 is 5.11 Å². The van der Waals surface area contributed by atoms with Crippen LogP contribution in [0.2, 0.25) is 0 Å². The number of carbonyl (C=O) groups is 1. The minimum Gasteiger partial charge on any atom is -0.464 e. The smallest absolute Gasteiger partial charge is 0.427 e. The highest BCUT2D eigenvalue weighted by Gasteiger charge is 2.03. The first-order chi connectivity index (χ1) is 5.54. The molecule has 0 aliphatic carbocycles. The molecule has 12 heavy (non-hydrogen) atoms. The van der Waals surface area contributed by atoms with E-state index in [0.717, 1.165) is 13.1 Å². The number of carboxylic acid groups (broad SMARTS) is 1. The van der Waals surface area contributed by atoms with Crippen molar-refractivity contribution >= 4 is 31.7 Å². The fourth-order valence-corrected chi connectivity index (χ4v) is 0.742. The van der Waals surface area contributed by atoms with Crippen molar-refractivity contribution in [3.63, 3.8) is 0 Å². The summed E-state index contributed by atoms with van der Waals surface area (Å²) in [6.45, 7) is 2.19. The molecule has 1 amide bonds. The maximum atomic E-state index is 9.47. The van der Waals surface area contributed by atoms with Crippen molar-refractivity contribution in [2.24, 2.45) is 5.84 Å². The second kappa shape index (κ2) is 6.41. The third kappa shape index (κ3) is 6.59. The van der Waals surface area contributed by atoms with Crippen LogP contribution in [0.5, 0.6) is 0 Å². The summed E-state index contributed by atoms with van der Waals surface area (Å²) >= 11 is 6.58. The molecule has 0 bridgehead atoms. The molecule has 3 N–H and O–H groups in total. The Balaban J connectivity index is 0.000000202. The Morgan fingerprint density at radius 2 is 1.75 bits per heavy atom. The molecule has 0 aromatic carbocycles. The summed E-state index contributed by atoms with van der Waals surface area (Å²) < 4.78 is 0.472. The normalized spacial score (nSPS) is 16.6. The molecule has 5 nitrogen and oxygen atoms in total. The maximum absolute atomic E-state index is 9.47. The molecule has 1 saturated heterocycles. The number of hydrazine groups is 1. The number of amides is 1. The Bertz CT molecular complexity index is 139. The quantitative estimate of drug-likeness (QED) is 0.350. The summed E-state index contributed by atoms with van der Waals surface area (Å²) in [4.78, 5) is 9.47. The molecule has 1 heterocycles. The molecular weight excluding hydrogens is 198 g/mol. The van der Waals surface area contributed by atoms with Crippen molar-refractivity contribution in [1.29, 1.82) is 0 Å². The summed E-state index contributed by atoms with van der Waals surface area (Å²) in [7, 11) is 0. The van der Waals surface area contributed by atoms with Crippen LogP contribution in [0, 0.1) is 0 Å².